The van der Waals surface area contributed by atoms with E-state index in [4.69, 9.17) is 5.73 Å². The molecule has 0 aliphatic heterocycles. The standard InChI is InChI=1S/C13H23N3O2S/c1-13(2,16(3)4)10-15-19(17,18)12-8-6-5-7-11(12)9-14/h5-8,15H,9-10,14H2,1-4H3. The summed E-state index contributed by atoms with van der Waals surface area (Å²) in [6.07, 6.45) is 0. The van der Waals surface area contributed by atoms with E-state index < -0.39 is 10.0 Å². The first-order valence-electron chi connectivity index (χ1n) is 6.16. The molecule has 1 rings (SSSR count). The first-order valence-corrected chi connectivity index (χ1v) is 7.64. The van der Waals surface area contributed by atoms with Crippen LogP contribution in [-0.2, 0) is 16.6 Å². The lowest BCUT2D eigenvalue weighted by Gasteiger charge is -2.32. The van der Waals surface area contributed by atoms with Crippen LogP contribution in [0.4, 0.5) is 0 Å². The Morgan fingerprint density at radius 1 is 1.26 bits per heavy atom. The minimum atomic E-state index is -3.53. The normalized spacial score (nSPS) is 12.9. The number of benzene rings is 1. The molecule has 0 radical (unpaired) electrons. The lowest BCUT2D eigenvalue weighted by atomic mass is 10.1. The van der Waals surface area contributed by atoms with E-state index in [1.54, 1.807) is 24.3 Å². The highest BCUT2D eigenvalue weighted by Crippen LogP contribution is 2.16. The minimum absolute atomic E-state index is 0.203. The quantitative estimate of drug-likeness (QED) is 0.809. The third kappa shape index (κ3) is 4.01. The monoisotopic (exact) mass is 285 g/mol. The van der Waals surface area contributed by atoms with Crippen molar-refractivity contribution < 1.29 is 8.42 Å². The van der Waals surface area contributed by atoms with Crippen molar-refractivity contribution in [2.24, 2.45) is 5.73 Å². The zero-order valence-corrected chi connectivity index (χ0v) is 12.8. The largest absolute Gasteiger partial charge is 0.326 e. The average Bonchev–Trinajstić information content (AvgIpc) is 2.36. The van der Waals surface area contributed by atoms with Crippen molar-refractivity contribution in [3.05, 3.63) is 29.8 Å². The van der Waals surface area contributed by atoms with Gasteiger partial charge in [-0.3, -0.25) is 0 Å². The van der Waals surface area contributed by atoms with E-state index in [1.807, 2.05) is 32.8 Å². The van der Waals surface area contributed by atoms with Gasteiger partial charge in [0.05, 0.1) is 4.90 Å². The van der Waals surface area contributed by atoms with Crippen LogP contribution < -0.4 is 10.5 Å². The number of nitrogens with two attached hydrogens (primary N) is 1. The second-order valence-corrected chi connectivity index (χ2v) is 7.08. The molecule has 0 amide bonds. The fourth-order valence-corrected chi connectivity index (χ4v) is 2.90. The van der Waals surface area contributed by atoms with Gasteiger partial charge in [-0.15, -0.1) is 0 Å². The van der Waals surface area contributed by atoms with Gasteiger partial charge < -0.3 is 10.6 Å². The number of nitrogens with zero attached hydrogens (tertiary/aromatic N) is 1. The second-order valence-electron chi connectivity index (χ2n) is 5.34. The Morgan fingerprint density at radius 2 is 1.84 bits per heavy atom. The van der Waals surface area contributed by atoms with E-state index in [9.17, 15) is 8.42 Å². The van der Waals surface area contributed by atoms with Crippen molar-refractivity contribution in [3.8, 4) is 0 Å². The van der Waals surface area contributed by atoms with Crippen LogP contribution in [0.5, 0.6) is 0 Å². The van der Waals surface area contributed by atoms with E-state index >= 15 is 0 Å². The number of hydrogen-bond donors (Lipinski definition) is 2. The van der Waals surface area contributed by atoms with Crippen LogP contribution in [0.3, 0.4) is 0 Å². The van der Waals surface area contributed by atoms with E-state index in [0.717, 1.165) is 0 Å². The highest BCUT2D eigenvalue weighted by atomic mass is 32.2. The maximum Gasteiger partial charge on any atom is 0.240 e. The van der Waals surface area contributed by atoms with Crippen LogP contribution >= 0.6 is 0 Å². The summed E-state index contributed by atoms with van der Waals surface area (Å²) in [5.41, 5.74) is 5.94. The summed E-state index contributed by atoms with van der Waals surface area (Å²) in [4.78, 5) is 2.23. The minimum Gasteiger partial charge on any atom is -0.326 e. The molecule has 0 spiro atoms. The molecular weight excluding hydrogens is 262 g/mol. The number of rotatable bonds is 6. The summed E-state index contributed by atoms with van der Waals surface area (Å²) in [5, 5.41) is 0. The van der Waals surface area contributed by atoms with Crippen LogP contribution in [-0.4, -0.2) is 39.5 Å². The fourth-order valence-electron chi connectivity index (χ4n) is 1.44. The van der Waals surface area contributed by atoms with Crippen LogP contribution in [0.15, 0.2) is 29.2 Å². The van der Waals surface area contributed by atoms with Gasteiger partial charge in [0.15, 0.2) is 0 Å². The van der Waals surface area contributed by atoms with Crippen LogP contribution in [0.25, 0.3) is 0 Å². The number of sulfonamides is 1. The summed E-state index contributed by atoms with van der Waals surface area (Å²) in [5.74, 6) is 0. The predicted octanol–water partition coefficient (Wildman–Crippen LogP) is 0.764. The van der Waals surface area contributed by atoms with Crippen molar-refractivity contribution in [1.82, 2.24) is 9.62 Å². The maximum absolute atomic E-state index is 12.3. The molecule has 108 valence electrons. The zero-order valence-electron chi connectivity index (χ0n) is 12.0. The Hall–Kier alpha value is -0.950. The van der Waals surface area contributed by atoms with Crippen LogP contribution in [0, 0.1) is 0 Å². The highest BCUT2D eigenvalue weighted by molar-refractivity contribution is 7.89. The van der Waals surface area contributed by atoms with Crippen molar-refractivity contribution in [2.45, 2.75) is 30.8 Å². The smallest absolute Gasteiger partial charge is 0.240 e. The van der Waals surface area contributed by atoms with Crippen LogP contribution in [0.2, 0.25) is 0 Å². The molecule has 0 bridgehead atoms. The Labute approximate surface area is 115 Å². The fraction of sp³-hybridized carbons (Fsp3) is 0.538. The van der Waals surface area contributed by atoms with Gasteiger partial charge in [0.2, 0.25) is 10.0 Å². The molecule has 0 saturated heterocycles. The summed E-state index contributed by atoms with van der Waals surface area (Å²) < 4.78 is 27.2. The van der Waals surface area contributed by atoms with Gasteiger partial charge in [0, 0.05) is 18.6 Å². The first kappa shape index (κ1) is 16.1. The molecule has 6 heteroatoms. The van der Waals surface area contributed by atoms with Gasteiger partial charge in [-0.05, 0) is 39.6 Å². The third-order valence-electron chi connectivity index (χ3n) is 3.39. The number of hydrogen-bond acceptors (Lipinski definition) is 4. The molecule has 0 aliphatic rings. The Bertz CT molecular complexity index is 524. The molecule has 5 nitrogen and oxygen atoms in total. The second kappa shape index (κ2) is 6.00. The average molecular weight is 285 g/mol. The molecule has 0 atom stereocenters. The summed E-state index contributed by atoms with van der Waals surface area (Å²) in [7, 11) is 0.311. The Morgan fingerprint density at radius 3 is 2.37 bits per heavy atom. The van der Waals surface area contributed by atoms with Gasteiger partial charge >= 0.3 is 0 Å². The molecule has 0 unspecified atom stereocenters. The Balaban J connectivity index is 2.94. The molecular formula is C13H23N3O2S. The van der Waals surface area contributed by atoms with Gasteiger partial charge in [0.1, 0.15) is 0 Å². The molecule has 0 heterocycles. The van der Waals surface area contributed by atoms with Crippen molar-refractivity contribution in [3.63, 3.8) is 0 Å². The van der Waals surface area contributed by atoms with Crippen LogP contribution in [0.1, 0.15) is 19.4 Å². The third-order valence-corrected chi connectivity index (χ3v) is 4.89. The molecule has 0 fully saturated rings. The van der Waals surface area contributed by atoms with Gasteiger partial charge in [-0.2, -0.15) is 0 Å². The first-order chi connectivity index (χ1) is 8.70. The number of likely N-dealkylation sites (N-methyl/N-ethyl adjacent to an activating group) is 1. The van der Waals surface area contributed by atoms with Gasteiger partial charge in [-0.25, -0.2) is 13.1 Å². The zero-order chi connectivity index (χ0) is 14.7. The topological polar surface area (TPSA) is 75.4 Å². The summed E-state index contributed by atoms with van der Waals surface area (Å²) in [6, 6.07) is 6.79. The lowest BCUT2D eigenvalue weighted by Crippen LogP contribution is -2.48. The highest BCUT2D eigenvalue weighted by Gasteiger charge is 2.25. The molecule has 1 aromatic carbocycles. The molecule has 19 heavy (non-hydrogen) atoms. The van der Waals surface area contributed by atoms with Crippen molar-refractivity contribution >= 4 is 10.0 Å². The molecule has 0 saturated carbocycles. The van der Waals surface area contributed by atoms with Gasteiger partial charge in [-0.1, -0.05) is 18.2 Å². The van der Waals surface area contributed by atoms with E-state index in [2.05, 4.69) is 4.72 Å². The summed E-state index contributed by atoms with van der Waals surface area (Å²) >= 11 is 0. The van der Waals surface area contributed by atoms with Crippen molar-refractivity contribution in [2.75, 3.05) is 20.6 Å². The van der Waals surface area contributed by atoms with E-state index in [-0.39, 0.29) is 17.0 Å². The Kier molecular flexibility index (Phi) is 5.09. The van der Waals surface area contributed by atoms with E-state index in [1.165, 1.54) is 0 Å². The molecule has 1 aromatic rings. The molecule has 0 aromatic heterocycles. The van der Waals surface area contributed by atoms with E-state index in [0.29, 0.717) is 12.1 Å². The SMILES string of the molecule is CN(C)C(C)(C)CNS(=O)(=O)c1ccccc1CN. The van der Waals surface area contributed by atoms with Gasteiger partial charge in [0.25, 0.3) is 0 Å². The van der Waals surface area contributed by atoms with Crippen molar-refractivity contribution in [1.29, 1.82) is 0 Å². The molecule has 0 aliphatic carbocycles. The lowest BCUT2D eigenvalue weighted by molar-refractivity contribution is 0.199. The molecule has 3 N–H and O–H groups in total. The maximum atomic E-state index is 12.3. The number of nitrogens with one attached hydrogen (secondary N) is 1. The summed E-state index contributed by atoms with van der Waals surface area (Å²) in [6.45, 7) is 4.49. The predicted molar refractivity (Wildman–Crippen MR) is 77.3 cm³/mol.